The smallest absolute Gasteiger partial charge is 0.302 e. The van der Waals surface area contributed by atoms with Gasteiger partial charge in [-0.2, -0.15) is 0 Å². The van der Waals surface area contributed by atoms with Gasteiger partial charge in [0.1, 0.15) is 6.61 Å². The van der Waals surface area contributed by atoms with Crippen molar-refractivity contribution >= 4 is 5.97 Å². The number of ether oxygens (including phenoxy) is 1. The average molecular weight is 198 g/mol. The van der Waals surface area contributed by atoms with Crippen LogP contribution in [-0.4, -0.2) is 12.6 Å². The molecule has 0 atom stereocenters. The number of hydrogen-bond donors (Lipinski definition) is 0. The highest BCUT2D eigenvalue weighted by Gasteiger charge is 1.84. The van der Waals surface area contributed by atoms with Crippen molar-refractivity contribution in [1.29, 1.82) is 0 Å². The summed E-state index contributed by atoms with van der Waals surface area (Å²) >= 11 is 0. The Hall–Kier alpha value is -1.05. The maximum absolute atomic E-state index is 10.2. The monoisotopic (exact) mass is 198 g/mol. The minimum atomic E-state index is -0.226. The van der Waals surface area contributed by atoms with Gasteiger partial charge < -0.3 is 4.74 Å². The first-order chi connectivity index (χ1) is 6.54. The molecule has 82 valence electrons. The van der Waals surface area contributed by atoms with Gasteiger partial charge in [0.15, 0.2) is 0 Å². The first-order valence-electron chi connectivity index (χ1n) is 4.95. The second-order valence-electron chi connectivity index (χ2n) is 3.16. The highest BCUT2D eigenvalue weighted by atomic mass is 16.5. The van der Waals surface area contributed by atoms with Crippen LogP contribution in [0.15, 0.2) is 24.8 Å². The number of rotatable bonds is 4. The molecule has 0 unspecified atom stereocenters. The Kier molecular flexibility index (Phi) is 13.2. The number of hydrogen-bond acceptors (Lipinski definition) is 2. The highest BCUT2D eigenvalue weighted by Crippen LogP contribution is 1.87. The Morgan fingerprint density at radius 3 is 2.21 bits per heavy atom. The van der Waals surface area contributed by atoms with Crippen LogP contribution in [0.2, 0.25) is 0 Å². The Morgan fingerprint density at radius 1 is 1.43 bits per heavy atom. The van der Waals surface area contributed by atoms with Gasteiger partial charge in [-0.3, -0.25) is 4.79 Å². The lowest BCUT2D eigenvalue weighted by molar-refractivity contribution is -0.139. The summed E-state index contributed by atoms with van der Waals surface area (Å²) in [6.45, 7) is 11.6. The van der Waals surface area contributed by atoms with E-state index < -0.39 is 0 Å². The van der Waals surface area contributed by atoms with E-state index in [0.717, 1.165) is 6.42 Å². The van der Waals surface area contributed by atoms with Crippen LogP contribution in [0.25, 0.3) is 0 Å². The summed E-state index contributed by atoms with van der Waals surface area (Å²) in [4.78, 5) is 10.2. The van der Waals surface area contributed by atoms with Gasteiger partial charge in [0.2, 0.25) is 0 Å². The van der Waals surface area contributed by atoms with Crippen molar-refractivity contribution in [2.75, 3.05) is 6.61 Å². The zero-order chi connectivity index (χ0) is 11.4. The SMILES string of the molecule is C=CC(C)C.CC/C=C\COC(C)=O. The molecular weight excluding hydrogens is 176 g/mol. The van der Waals surface area contributed by atoms with Crippen LogP contribution in [0.1, 0.15) is 34.1 Å². The van der Waals surface area contributed by atoms with Crippen LogP contribution in [0.5, 0.6) is 0 Å². The van der Waals surface area contributed by atoms with E-state index in [9.17, 15) is 4.79 Å². The van der Waals surface area contributed by atoms with Crippen LogP contribution in [0.4, 0.5) is 0 Å². The van der Waals surface area contributed by atoms with E-state index in [2.05, 4.69) is 25.2 Å². The number of esters is 1. The number of allylic oxidation sites excluding steroid dienone is 2. The van der Waals surface area contributed by atoms with Crippen molar-refractivity contribution in [2.24, 2.45) is 5.92 Å². The summed E-state index contributed by atoms with van der Waals surface area (Å²) in [5.74, 6) is 0.422. The van der Waals surface area contributed by atoms with Crippen molar-refractivity contribution in [3.63, 3.8) is 0 Å². The predicted molar refractivity (Wildman–Crippen MR) is 61.1 cm³/mol. The van der Waals surface area contributed by atoms with E-state index in [4.69, 9.17) is 0 Å². The van der Waals surface area contributed by atoms with Gasteiger partial charge in [0.25, 0.3) is 0 Å². The lowest BCUT2D eigenvalue weighted by Gasteiger charge is -1.92. The third-order valence-corrected chi connectivity index (χ3v) is 1.26. The standard InChI is InChI=1S/C7H12O2.C5H10/c1-3-4-5-6-9-7(2)8;1-4-5(2)3/h4-5H,3,6H2,1-2H3;4-5H,1H2,2-3H3/b5-4-;. The second-order valence-corrected chi connectivity index (χ2v) is 3.16. The highest BCUT2D eigenvalue weighted by molar-refractivity contribution is 5.65. The molecule has 0 radical (unpaired) electrons. The predicted octanol–water partition coefficient (Wildman–Crippen LogP) is 3.34. The van der Waals surface area contributed by atoms with Gasteiger partial charge in [0.05, 0.1) is 0 Å². The molecule has 2 heteroatoms. The molecule has 0 aliphatic carbocycles. The summed E-state index contributed by atoms with van der Waals surface area (Å²) in [5.41, 5.74) is 0. The quantitative estimate of drug-likeness (QED) is 0.511. The van der Waals surface area contributed by atoms with Gasteiger partial charge in [-0.05, 0) is 12.3 Å². The van der Waals surface area contributed by atoms with Crippen LogP contribution in [0.3, 0.4) is 0 Å². The van der Waals surface area contributed by atoms with E-state index in [1.165, 1.54) is 6.92 Å². The fourth-order valence-corrected chi connectivity index (χ4v) is 0.400. The van der Waals surface area contributed by atoms with Crippen molar-refractivity contribution in [3.8, 4) is 0 Å². The molecule has 0 aliphatic heterocycles. The van der Waals surface area contributed by atoms with E-state index in [1.807, 2.05) is 25.2 Å². The van der Waals surface area contributed by atoms with E-state index >= 15 is 0 Å². The fraction of sp³-hybridized carbons (Fsp3) is 0.583. The third kappa shape index (κ3) is 22.4. The van der Waals surface area contributed by atoms with E-state index in [1.54, 1.807) is 0 Å². The lowest BCUT2D eigenvalue weighted by Crippen LogP contribution is -1.96. The van der Waals surface area contributed by atoms with Gasteiger partial charge >= 0.3 is 5.97 Å². The van der Waals surface area contributed by atoms with E-state index in [-0.39, 0.29) is 5.97 Å². The molecule has 0 aliphatic rings. The largest absolute Gasteiger partial charge is 0.462 e. The first kappa shape index (κ1) is 15.4. The normalized spacial score (nSPS) is 9.50. The second kappa shape index (κ2) is 11.9. The zero-order valence-corrected chi connectivity index (χ0v) is 9.75. The zero-order valence-electron chi connectivity index (χ0n) is 9.75. The molecule has 0 amide bonds. The van der Waals surface area contributed by atoms with Crippen LogP contribution < -0.4 is 0 Å². The molecule has 0 aromatic carbocycles. The molecular formula is C12H22O2. The molecule has 0 saturated carbocycles. The Bertz CT molecular complexity index is 169. The minimum Gasteiger partial charge on any atom is -0.462 e. The summed E-state index contributed by atoms with van der Waals surface area (Å²) < 4.78 is 4.62. The summed E-state index contributed by atoms with van der Waals surface area (Å²) in [6.07, 6.45) is 6.70. The molecule has 0 aromatic heterocycles. The Labute approximate surface area is 87.7 Å². The molecule has 0 aromatic rings. The summed E-state index contributed by atoms with van der Waals surface area (Å²) in [5, 5.41) is 0. The summed E-state index contributed by atoms with van der Waals surface area (Å²) in [6, 6.07) is 0. The maximum Gasteiger partial charge on any atom is 0.302 e. The van der Waals surface area contributed by atoms with Crippen molar-refractivity contribution < 1.29 is 9.53 Å². The molecule has 0 saturated heterocycles. The molecule has 0 rings (SSSR count). The molecule has 0 spiro atoms. The van der Waals surface area contributed by atoms with Crippen LogP contribution in [-0.2, 0) is 9.53 Å². The molecule has 0 fully saturated rings. The van der Waals surface area contributed by atoms with Crippen molar-refractivity contribution in [2.45, 2.75) is 34.1 Å². The van der Waals surface area contributed by atoms with Crippen molar-refractivity contribution in [1.82, 2.24) is 0 Å². The summed E-state index contributed by atoms with van der Waals surface area (Å²) in [7, 11) is 0. The van der Waals surface area contributed by atoms with E-state index in [0.29, 0.717) is 12.5 Å². The molecule has 0 bridgehead atoms. The molecule has 0 N–H and O–H groups in total. The third-order valence-electron chi connectivity index (χ3n) is 1.26. The fourth-order valence-electron chi connectivity index (χ4n) is 0.400. The van der Waals surface area contributed by atoms with Gasteiger partial charge in [-0.25, -0.2) is 0 Å². The maximum atomic E-state index is 10.2. The molecule has 2 nitrogen and oxygen atoms in total. The Balaban J connectivity index is 0. The number of carbonyl (C=O) groups is 1. The van der Waals surface area contributed by atoms with Crippen molar-refractivity contribution in [3.05, 3.63) is 24.8 Å². The first-order valence-corrected chi connectivity index (χ1v) is 4.95. The number of carbonyl (C=O) groups excluding carboxylic acids is 1. The lowest BCUT2D eigenvalue weighted by atomic mass is 10.2. The van der Waals surface area contributed by atoms with Crippen LogP contribution >= 0.6 is 0 Å². The topological polar surface area (TPSA) is 26.3 Å². The van der Waals surface area contributed by atoms with Gasteiger partial charge in [-0.15, -0.1) is 6.58 Å². The molecule has 14 heavy (non-hydrogen) atoms. The Morgan fingerprint density at radius 2 is 1.93 bits per heavy atom. The van der Waals surface area contributed by atoms with Gasteiger partial charge in [0, 0.05) is 6.92 Å². The molecule has 0 heterocycles. The van der Waals surface area contributed by atoms with Crippen LogP contribution in [0, 0.1) is 5.92 Å². The average Bonchev–Trinajstić information content (AvgIpc) is 2.13. The van der Waals surface area contributed by atoms with Gasteiger partial charge in [-0.1, -0.05) is 39.0 Å². The minimum absolute atomic E-state index is 0.226.